The summed E-state index contributed by atoms with van der Waals surface area (Å²) in [5.74, 6) is 1.76. The van der Waals surface area contributed by atoms with E-state index in [9.17, 15) is 5.11 Å². The van der Waals surface area contributed by atoms with E-state index in [0.29, 0.717) is 6.42 Å². The van der Waals surface area contributed by atoms with Crippen LogP contribution in [0.3, 0.4) is 0 Å². The summed E-state index contributed by atoms with van der Waals surface area (Å²) in [7, 11) is 1.65. The third-order valence-corrected chi connectivity index (χ3v) is 3.91. The second kappa shape index (κ2) is 5.78. The van der Waals surface area contributed by atoms with Crippen LogP contribution in [0.2, 0.25) is 0 Å². The van der Waals surface area contributed by atoms with E-state index in [1.165, 1.54) is 5.56 Å². The molecule has 2 aromatic rings. The Labute approximate surface area is 125 Å². The molecule has 1 N–H and O–H groups in total. The Morgan fingerprint density at radius 3 is 2.90 bits per heavy atom. The molecular weight excluding hydrogens is 264 g/mol. The number of aliphatic hydroxyl groups excluding tert-OH is 1. The molecule has 2 aromatic carbocycles. The quantitative estimate of drug-likeness (QED) is 0.936. The first-order chi connectivity index (χ1) is 10.2. The molecule has 110 valence electrons. The summed E-state index contributed by atoms with van der Waals surface area (Å²) in [6, 6.07) is 13.8. The van der Waals surface area contributed by atoms with Gasteiger partial charge < -0.3 is 14.6 Å². The van der Waals surface area contributed by atoms with E-state index in [0.717, 1.165) is 29.0 Å². The predicted octanol–water partition coefficient (Wildman–Crippen LogP) is 3.29. The van der Waals surface area contributed by atoms with Crippen molar-refractivity contribution in [3.05, 3.63) is 59.2 Å². The normalized spacial score (nSPS) is 18.0. The van der Waals surface area contributed by atoms with Gasteiger partial charge in [-0.1, -0.05) is 24.3 Å². The van der Waals surface area contributed by atoms with E-state index < -0.39 is 6.10 Å². The molecule has 2 unspecified atom stereocenters. The van der Waals surface area contributed by atoms with Gasteiger partial charge in [-0.3, -0.25) is 0 Å². The molecule has 3 nitrogen and oxygen atoms in total. The zero-order chi connectivity index (χ0) is 14.8. The van der Waals surface area contributed by atoms with E-state index in [4.69, 9.17) is 9.47 Å². The van der Waals surface area contributed by atoms with Gasteiger partial charge in [0, 0.05) is 12.8 Å². The van der Waals surface area contributed by atoms with Gasteiger partial charge >= 0.3 is 0 Å². The number of fused-ring (bicyclic) bond motifs is 1. The molecule has 0 saturated carbocycles. The monoisotopic (exact) mass is 284 g/mol. The van der Waals surface area contributed by atoms with Crippen molar-refractivity contribution in [1.29, 1.82) is 0 Å². The molecule has 0 aliphatic carbocycles. The third-order valence-electron chi connectivity index (χ3n) is 3.91. The molecule has 21 heavy (non-hydrogen) atoms. The highest BCUT2D eigenvalue weighted by molar-refractivity contribution is 5.42. The molecule has 3 heteroatoms. The number of methoxy groups -OCH3 is 1. The molecule has 2 atom stereocenters. The van der Waals surface area contributed by atoms with Crippen LogP contribution in [0.15, 0.2) is 42.5 Å². The molecule has 0 radical (unpaired) electrons. The highest BCUT2D eigenvalue weighted by atomic mass is 16.5. The number of hydrogen-bond acceptors (Lipinski definition) is 3. The Balaban J connectivity index is 1.80. The Bertz CT molecular complexity index is 636. The summed E-state index contributed by atoms with van der Waals surface area (Å²) < 4.78 is 11.0. The number of para-hydroxylation sites is 1. The molecule has 0 fully saturated rings. The van der Waals surface area contributed by atoms with Crippen LogP contribution in [-0.2, 0) is 12.8 Å². The lowest BCUT2D eigenvalue weighted by atomic mass is 9.98. The van der Waals surface area contributed by atoms with E-state index in [1.54, 1.807) is 7.11 Å². The lowest BCUT2D eigenvalue weighted by Crippen LogP contribution is -2.05. The molecular formula is C18H20O3. The van der Waals surface area contributed by atoms with E-state index >= 15 is 0 Å². The summed E-state index contributed by atoms with van der Waals surface area (Å²) in [6.45, 7) is 2.06. The van der Waals surface area contributed by atoms with Gasteiger partial charge in [-0.15, -0.1) is 0 Å². The smallest absolute Gasteiger partial charge is 0.123 e. The number of ether oxygens (including phenoxy) is 2. The average Bonchev–Trinajstić information content (AvgIpc) is 2.86. The fraction of sp³-hybridized carbons (Fsp3) is 0.333. The molecule has 3 rings (SSSR count). The Kier molecular flexibility index (Phi) is 3.84. The number of hydrogen-bond donors (Lipinski definition) is 1. The van der Waals surface area contributed by atoms with Crippen LogP contribution in [0, 0.1) is 0 Å². The van der Waals surface area contributed by atoms with Crippen LogP contribution in [0.25, 0.3) is 0 Å². The van der Waals surface area contributed by atoms with Crippen molar-refractivity contribution < 1.29 is 14.6 Å². The van der Waals surface area contributed by atoms with Crippen LogP contribution >= 0.6 is 0 Å². The standard InChI is InChI=1S/C18H20O3/c1-12-9-15-10-13(7-8-18(15)21-12)16(19)11-14-5-3-4-6-17(14)20-2/h3-8,10,12,16,19H,9,11H2,1-2H3. The van der Waals surface area contributed by atoms with Gasteiger partial charge in [0.05, 0.1) is 13.2 Å². The lowest BCUT2D eigenvalue weighted by molar-refractivity contribution is 0.177. The van der Waals surface area contributed by atoms with Gasteiger partial charge in [0.1, 0.15) is 17.6 Å². The van der Waals surface area contributed by atoms with Crippen LogP contribution in [0.1, 0.15) is 29.7 Å². The first-order valence-corrected chi connectivity index (χ1v) is 7.27. The van der Waals surface area contributed by atoms with Gasteiger partial charge in [0.2, 0.25) is 0 Å². The Morgan fingerprint density at radius 2 is 2.10 bits per heavy atom. The zero-order valence-corrected chi connectivity index (χ0v) is 12.4. The summed E-state index contributed by atoms with van der Waals surface area (Å²) in [5, 5.41) is 10.5. The average molecular weight is 284 g/mol. The van der Waals surface area contributed by atoms with E-state index in [2.05, 4.69) is 13.0 Å². The topological polar surface area (TPSA) is 38.7 Å². The maximum Gasteiger partial charge on any atom is 0.123 e. The van der Waals surface area contributed by atoms with Crippen molar-refractivity contribution in [2.45, 2.75) is 32.0 Å². The molecule has 1 aliphatic heterocycles. The molecule has 0 spiro atoms. The first-order valence-electron chi connectivity index (χ1n) is 7.27. The van der Waals surface area contributed by atoms with Crippen LogP contribution in [0.4, 0.5) is 0 Å². The van der Waals surface area contributed by atoms with Gasteiger partial charge in [-0.2, -0.15) is 0 Å². The maximum absolute atomic E-state index is 10.5. The fourth-order valence-corrected chi connectivity index (χ4v) is 2.85. The highest BCUT2D eigenvalue weighted by Gasteiger charge is 2.21. The van der Waals surface area contributed by atoms with Crippen molar-refractivity contribution in [3.8, 4) is 11.5 Å². The van der Waals surface area contributed by atoms with Crippen molar-refractivity contribution in [3.63, 3.8) is 0 Å². The maximum atomic E-state index is 10.5. The second-order valence-electron chi connectivity index (χ2n) is 5.53. The second-order valence-corrected chi connectivity index (χ2v) is 5.53. The summed E-state index contributed by atoms with van der Waals surface area (Å²) in [4.78, 5) is 0. The highest BCUT2D eigenvalue weighted by Crippen LogP contribution is 2.32. The summed E-state index contributed by atoms with van der Waals surface area (Å²) in [6.07, 6.45) is 1.13. The van der Waals surface area contributed by atoms with Crippen molar-refractivity contribution in [2.75, 3.05) is 7.11 Å². The van der Waals surface area contributed by atoms with Crippen molar-refractivity contribution in [1.82, 2.24) is 0 Å². The van der Waals surface area contributed by atoms with Gasteiger partial charge in [0.15, 0.2) is 0 Å². The molecule has 0 amide bonds. The number of benzene rings is 2. The van der Waals surface area contributed by atoms with Crippen LogP contribution in [-0.4, -0.2) is 18.3 Å². The first kappa shape index (κ1) is 14.0. The fourth-order valence-electron chi connectivity index (χ4n) is 2.85. The van der Waals surface area contributed by atoms with E-state index in [-0.39, 0.29) is 6.10 Å². The van der Waals surface area contributed by atoms with Gasteiger partial charge in [-0.05, 0) is 41.8 Å². The summed E-state index contributed by atoms with van der Waals surface area (Å²) in [5.41, 5.74) is 3.12. The van der Waals surface area contributed by atoms with Crippen molar-refractivity contribution in [2.24, 2.45) is 0 Å². The molecule has 0 saturated heterocycles. The molecule has 1 aliphatic rings. The molecule has 0 bridgehead atoms. The lowest BCUT2D eigenvalue weighted by Gasteiger charge is -2.14. The number of aliphatic hydroxyl groups is 1. The van der Waals surface area contributed by atoms with Gasteiger partial charge in [-0.25, -0.2) is 0 Å². The van der Waals surface area contributed by atoms with Gasteiger partial charge in [0.25, 0.3) is 0 Å². The Morgan fingerprint density at radius 1 is 1.29 bits per heavy atom. The third kappa shape index (κ3) is 2.88. The Hall–Kier alpha value is -2.00. The van der Waals surface area contributed by atoms with E-state index in [1.807, 2.05) is 36.4 Å². The van der Waals surface area contributed by atoms with Crippen LogP contribution < -0.4 is 9.47 Å². The van der Waals surface area contributed by atoms with Crippen LogP contribution in [0.5, 0.6) is 11.5 Å². The SMILES string of the molecule is COc1ccccc1CC(O)c1ccc2c(c1)CC(C)O2. The minimum Gasteiger partial charge on any atom is -0.496 e. The molecule has 1 heterocycles. The minimum atomic E-state index is -0.539. The zero-order valence-electron chi connectivity index (χ0n) is 12.4. The van der Waals surface area contributed by atoms with Crippen molar-refractivity contribution >= 4 is 0 Å². The summed E-state index contributed by atoms with van der Waals surface area (Å²) >= 11 is 0. The number of rotatable bonds is 4. The minimum absolute atomic E-state index is 0.224. The predicted molar refractivity (Wildman–Crippen MR) is 81.9 cm³/mol. The largest absolute Gasteiger partial charge is 0.496 e. The molecule has 0 aromatic heterocycles.